The van der Waals surface area contributed by atoms with Crippen LogP contribution in [0.25, 0.3) is 0 Å². The molecule has 0 radical (unpaired) electrons. The van der Waals surface area contributed by atoms with Crippen molar-refractivity contribution >= 4 is 27.2 Å². The minimum absolute atomic E-state index is 0.346. The van der Waals surface area contributed by atoms with Crippen molar-refractivity contribution < 1.29 is 40.3 Å². The zero-order valence-electron chi connectivity index (χ0n) is 3.82. The van der Waals surface area contributed by atoms with Crippen LogP contribution in [0.4, 0.5) is 25.2 Å². The van der Waals surface area contributed by atoms with E-state index in [-0.39, 0.29) is 15.1 Å². The van der Waals surface area contributed by atoms with Gasteiger partial charge in [-0.15, -0.1) is 0 Å². The number of hydrogen-bond acceptors (Lipinski definition) is 0. The molecule has 0 saturated heterocycles. The molecule has 69 valence electrons. The summed E-state index contributed by atoms with van der Waals surface area (Å²) < 4.78 is 59.2. The van der Waals surface area contributed by atoms with E-state index in [0.717, 1.165) is 0 Å². The molecule has 0 aromatic rings. The van der Waals surface area contributed by atoms with Crippen LogP contribution in [0.1, 0.15) is 0 Å². The summed E-state index contributed by atoms with van der Waals surface area (Å²) in [4.78, 5) is 0. The Hall–Kier alpha value is 1.21. The Bertz CT molecular complexity index is 85.1. The molecule has 0 amide bonds. The average molecular weight is 317 g/mol. The van der Waals surface area contributed by atoms with Gasteiger partial charge < -0.3 is 0 Å². The fourth-order valence-corrected chi connectivity index (χ4v) is 0. The molecule has 0 nitrogen and oxygen atoms in total. The Kier molecular flexibility index (Phi) is 4.03. The van der Waals surface area contributed by atoms with Crippen molar-refractivity contribution in [1.29, 1.82) is 0 Å². The van der Waals surface area contributed by atoms with Gasteiger partial charge in [0, 0.05) is 0 Å². The predicted octanol–water partition coefficient (Wildman–Crippen LogP) is 4.76. The zero-order valence-corrected chi connectivity index (χ0v) is 7.97. The third kappa shape index (κ3) is 422. The quantitative estimate of drug-likeness (QED) is 0.343. The van der Waals surface area contributed by atoms with Gasteiger partial charge in [0.25, 0.3) is 0 Å². The van der Waals surface area contributed by atoms with E-state index in [1.54, 1.807) is 0 Å². The van der Waals surface area contributed by atoms with Crippen molar-refractivity contribution in [2.24, 2.45) is 0 Å². The number of rotatable bonds is 0. The minimum atomic E-state index is -10.7. The fourth-order valence-electron chi connectivity index (χ4n) is 0. The van der Waals surface area contributed by atoms with Gasteiger partial charge in [-0.1, -0.05) is 0 Å². The van der Waals surface area contributed by atoms with Gasteiger partial charge in [-0.3, -0.25) is 0 Å². The van der Waals surface area contributed by atoms with Crippen LogP contribution in [0.2, 0.25) is 0 Å². The van der Waals surface area contributed by atoms with Crippen LogP contribution in [0, 0.1) is 0 Å². The van der Waals surface area contributed by atoms with E-state index in [1.807, 2.05) is 0 Å². The van der Waals surface area contributed by atoms with Crippen molar-refractivity contribution in [3.8, 4) is 0 Å². The Balaban J connectivity index is 0. The molecule has 0 aliphatic rings. The second-order valence-corrected chi connectivity index (χ2v) is 5.56. The van der Waals surface area contributed by atoms with Gasteiger partial charge in [0.1, 0.15) is 0 Å². The summed E-state index contributed by atoms with van der Waals surface area (Å²) in [6.07, 6.45) is 0. The van der Waals surface area contributed by atoms with Crippen molar-refractivity contribution in [1.82, 2.24) is 0 Å². The summed E-state index contributed by atoms with van der Waals surface area (Å²) in [7, 11) is -0.950. The van der Waals surface area contributed by atoms with Crippen molar-refractivity contribution in [2.45, 2.75) is 0 Å². The fraction of sp³-hybridized carbons (Fsp3) is 0. The van der Waals surface area contributed by atoms with E-state index in [0.29, 0.717) is 0 Å². The van der Waals surface area contributed by atoms with Crippen LogP contribution in [-0.4, -0.2) is 0 Å². The Morgan fingerprint density at radius 3 is 0.800 bits per heavy atom. The van der Waals surface area contributed by atoms with Gasteiger partial charge in [0.05, 0.1) is 0 Å². The first-order chi connectivity index (χ1) is 3.86. The summed E-state index contributed by atoms with van der Waals surface area (Å²) in [5.41, 5.74) is 0. The standard InChI is InChI=1S/2ClH.F6P.Ru/c;;1-7(2,3,4,5)6;/h2*1H;;/q;;-1;+3/p-2. The molecule has 10 heavy (non-hydrogen) atoms. The molecule has 0 atom stereocenters. The van der Waals surface area contributed by atoms with Gasteiger partial charge in [-0.05, 0) is 0 Å². The maximum absolute atomic E-state index is 10.7. The second-order valence-electron chi connectivity index (χ2n) is 1.01. The van der Waals surface area contributed by atoms with E-state index in [2.05, 4.69) is 0 Å². The van der Waals surface area contributed by atoms with Crippen LogP contribution in [0.3, 0.4) is 0 Å². The first kappa shape index (κ1) is 13.8. The normalized spacial score (nSPS) is 18.0. The molecule has 0 aromatic carbocycles. The van der Waals surface area contributed by atoms with Crippen LogP contribution in [0.5, 0.6) is 0 Å². The molecule has 0 heterocycles. The third-order valence-electron chi connectivity index (χ3n) is 0. The van der Waals surface area contributed by atoms with Crippen molar-refractivity contribution in [3.63, 3.8) is 0 Å². The Morgan fingerprint density at radius 2 is 0.800 bits per heavy atom. The van der Waals surface area contributed by atoms with Gasteiger partial charge in [0.2, 0.25) is 0 Å². The summed E-state index contributed by atoms with van der Waals surface area (Å²) in [5, 5.41) is 0. The van der Waals surface area contributed by atoms with Crippen LogP contribution < -0.4 is 0 Å². The SMILES string of the molecule is F[P-](F)(F)(F)(F)F.[Cl][Ru+][Cl]. The van der Waals surface area contributed by atoms with Gasteiger partial charge >= 0.3 is 67.5 Å². The van der Waals surface area contributed by atoms with Gasteiger partial charge in [0.15, 0.2) is 0 Å². The summed E-state index contributed by atoms with van der Waals surface area (Å²) in [6.45, 7) is 0. The zero-order chi connectivity index (χ0) is 9.12. The van der Waals surface area contributed by atoms with E-state index in [4.69, 9.17) is 19.4 Å². The molecule has 0 unspecified atom stereocenters. The molecule has 0 fully saturated rings. The number of halogens is 8. The summed E-state index contributed by atoms with van der Waals surface area (Å²) in [5.74, 6) is 0. The van der Waals surface area contributed by atoms with Crippen molar-refractivity contribution in [3.05, 3.63) is 0 Å². The van der Waals surface area contributed by atoms with E-state index in [9.17, 15) is 25.2 Å². The van der Waals surface area contributed by atoms with Crippen LogP contribution in [0.15, 0.2) is 0 Å². The van der Waals surface area contributed by atoms with Crippen LogP contribution >= 0.6 is 27.2 Å². The molecule has 0 aliphatic heterocycles. The third-order valence-corrected chi connectivity index (χ3v) is 0. The first-order valence-electron chi connectivity index (χ1n) is 1.28. The van der Waals surface area contributed by atoms with E-state index in [1.165, 1.54) is 0 Å². The molecule has 0 saturated carbocycles. The van der Waals surface area contributed by atoms with E-state index < -0.39 is 7.81 Å². The second kappa shape index (κ2) is 2.93. The molecule has 0 aromatic heterocycles. The topological polar surface area (TPSA) is 0 Å². The van der Waals surface area contributed by atoms with Gasteiger partial charge in [-0.25, -0.2) is 0 Å². The summed E-state index contributed by atoms with van der Waals surface area (Å²) in [6, 6.07) is 0. The molecule has 10 heteroatoms. The molecule has 0 N–H and O–H groups in total. The molecule has 0 bridgehead atoms. The molecule has 0 spiro atoms. The Morgan fingerprint density at radius 1 is 0.800 bits per heavy atom. The molecular weight excluding hydrogens is 317 g/mol. The monoisotopic (exact) mass is 317 g/mol. The number of hydrogen-bond donors (Lipinski definition) is 0. The van der Waals surface area contributed by atoms with E-state index >= 15 is 0 Å². The predicted molar refractivity (Wildman–Crippen MR) is 25.3 cm³/mol. The maximum atomic E-state index is 9.87. The molecule has 0 aliphatic carbocycles. The van der Waals surface area contributed by atoms with Crippen molar-refractivity contribution in [2.75, 3.05) is 0 Å². The molecule has 0 rings (SSSR count). The molecular formula is Cl2F6PRu. The van der Waals surface area contributed by atoms with Gasteiger partial charge in [-0.2, -0.15) is 0 Å². The first-order valence-corrected chi connectivity index (χ1v) is 7.79. The Labute approximate surface area is 67.8 Å². The summed E-state index contributed by atoms with van der Waals surface area (Å²) >= 11 is -0.346. The average Bonchev–Trinajstić information content (AvgIpc) is 1.20. The van der Waals surface area contributed by atoms with Crippen LogP contribution in [-0.2, 0) is 15.1 Å².